The zero-order chi connectivity index (χ0) is 18.0. The molecule has 3 rings (SSSR count). The number of hydrogen-bond acceptors (Lipinski definition) is 5. The molecule has 130 valence electrons. The first kappa shape index (κ1) is 17.1. The molecule has 6 heteroatoms. The van der Waals surface area contributed by atoms with Crippen molar-refractivity contribution in [1.82, 2.24) is 15.0 Å². The van der Waals surface area contributed by atoms with E-state index in [0.29, 0.717) is 18.0 Å². The summed E-state index contributed by atoms with van der Waals surface area (Å²) in [6, 6.07) is 11.5. The van der Waals surface area contributed by atoms with Crippen LogP contribution >= 0.6 is 0 Å². The predicted molar refractivity (Wildman–Crippen MR) is 97.6 cm³/mol. The van der Waals surface area contributed by atoms with E-state index in [0.717, 1.165) is 16.6 Å². The number of benzene rings is 1. The Morgan fingerprint density at radius 2 is 1.96 bits per heavy atom. The van der Waals surface area contributed by atoms with E-state index in [4.69, 9.17) is 4.52 Å². The fourth-order valence-electron chi connectivity index (χ4n) is 2.76. The number of pyridine rings is 1. The molecular formula is C19H22N4O2. The van der Waals surface area contributed by atoms with E-state index >= 15 is 0 Å². The van der Waals surface area contributed by atoms with E-state index in [2.05, 4.69) is 10.1 Å². The lowest BCUT2D eigenvalue weighted by atomic mass is 10.1. The molecule has 0 atom stereocenters. The molecule has 1 aromatic carbocycles. The van der Waals surface area contributed by atoms with Crippen molar-refractivity contribution in [3.05, 3.63) is 54.0 Å². The van der Waals surface area contributed by atoms with Crippen molar-refractivity contribution < 1.29 is 9.32 Å². The Bertz CT molecular complexity index is 886. The Balaban J connectivity index is 1.94. The quantitative estimate of drug-likeness (QED) is 0.714. The van der Waals surface area contributed by atoms with E-state index in [-0.39, 0.29) is 11.9 Å². The number of nitrogens with zero attached hydrogens (tertiary/aromatic N) is 4. The van der Waals surface area contributed by atoms with Crippen LogP contribution in [-0.4, -0.2) is 41.1 Å². The van der Waals surface area contributed by atoms with Crippen LogP contribution in [0.2, 0.25) is 0 Å². The molecule has 0 spiro atoms. The summed E-state index contributed by atoms with van der Waals surface area (Å²) >= 11 is 0. The standard InChI is InChI=1S/C19H22N4O2/c1-13(2)23(15-9-14-7-5-6-8-17(14)20-11-15)19(24)18-10-16(25-21-18)12-22(3)4/h5-11,13H,12H2,1-4H3. The predicted octanol–water partition coefficient (Wildman–Crippen LogP) is 3.34. The highest BCUT2D eigenvalue weighted by atomic mass is 16.5. The van der Waals surface area contributed by atoms with Gasteiger partial charge in [-0.3, -0.25) is 9.78 Å². The number of rotatable bonds is 5. The molecule has 0 aliphatic heterocycles. The van der Waals surface area contributed by atoms with Gasteiger partial charge in [0.25, 0.3) is 5.91 Å². The van der Waals surface area contributed by atoms with E-state index < -0.39 is 0 Å². The molecule has 0 aliphatic carbocycles. The van der Waals surface area contributed by atoms with Crippen LogP contribution in [0.4, 0.5) is 5.69 Å². The van der Waals surface area contributed by atoms with Crippen molar-refractivity contribution in [3.8, 4) is 0 Å². The summed E-state index contributed by atoms with van der Waals surface area (Å²) in [6.07, 6.45) is 1.72. The number of hydrogen-bond donors (Lipinski definition) is 0. The Morgan fingerprint density at radius 1 is 1.20 bits per heavy atom. The van der Waals surface area contributed by atoms with Gasteiger partial charge in [-0.1, -0.05) is 23.4 Å². The molecular weight excluding hydrogens is 316 g/mol. The monoisotopic (exact) mass is 338 g/mol. The third-order valence-electron chi connectivity index (χ3n) is 3.84. The van der Waals surface area contributed by atoms with Gasteiger partial charge >= 0.3 is 0 Å². The van der Waals surface area contributed by atoms with Crippen molar-refractivity contribution in [1.29, 1.82) is 0 Å². The second kappa shape index (κ2) is 7.03. The van der Waals surface area contributed by atoms with Crippen LogP contribution in [-0.2, 0) is 6.54 Å². The molecule has 2 heterocycles. The summed E-state index contributed by atoms with van der Waals surface area (Å²) < 4.78 is 5.28. The Kier molecular flexibility index (Phi) is 4.81. The number of aromatic nitrogens is 2. The van der Waals surface area contributed by atoms with E-state index in [9.17, 15) is 4.79 Å². The highest BCUT2D eigenvalue weighted by Crippen LogP contribution is 2.23. The van der Waals surface area contributed by atoms with Gasteiger partial charge < -0.3 is 14.3 Å². The van der Waals surface area contributed by atoms with Crippen molar-refractivity contribution in [2.75, 3.05) is 19.0 Å². The van der Waals surface area contributed by atoms with Gasteiger partial charge in [-0.2, -0.15) is 0 Å². The zero-order valence-electron chi connectivity index (χ0n) is 14.9. The minimum Gasteiger partial charge on any atom is -0.359 e. The molecule has 0 saturated heterocycles. The molecule has 0 fully saturated rings. The fraction of sp³-hybridized carbons (Fsp3) is 0.316. The summed E-state index contributed by atoms with van der Waals surface area (Å²) in [7, 11) is 3.87. The van der Waals surface area contributed by atoms with Crippen LogP contribution in [0, 0.1) is 0 Å². The molecule has 0 N–H and O–H groups in total. The van der Waals surface area contributed by atoms with Crippen LogP contribution in [0.25, 0.3) is 10.9 Å². The first-order valence-electron chi connectivity index (χ1n) is 8.24. The van der Waals surface area contributed by atoms with Gasteiger partial charge in [0, 0.05) is 17.5 Å². The molecule has 2 aromatic heterocycles. The van der Waals surface area contributed by atoms with Crippen LogP contribution in [0.1, 0.15) is 30.1 Å². The third kappa shape index (κ3) is 3.69. The lowest BCUT2D eigenvalue weighted by Gasteiger charge is -2.25. The lowest BCUT2D eigenvalue weighted by molar-refractivity contribution is 0.0971. The molecule has 0 aliphatic rings. The van der Waals surface area contributed by atoms with Gasteiger partial charge in [0.05, 0.1) is 23.9 Å². The van der Waals surface area contributed by atoms with Crippen molar-refractivity contribution in [3.63, 3.8) is 0 Å². The zero-order valence-corrected chi connectivity index (χ0v) is 14.9. The third-order valence-corrected chi connectivity index (χ3v) is 3.84. The molecule has 3 aromatic rings. The van der Waals surface area contributed by atoms with Crippen molar-refractivity contribution in [2.45, 2.75) is 26.4 Å². The van der Waals surface area contributed by atoms with Gasteiger partial charge in [-0.25, -0.2) is 0 Å². The Morgan fingerprint density at radius 3 is 2.68 bits per heavy atom. The van der Waals surface area contributed by atoms with E-state index in [1.165, 1.54) is 0 Å². The summed E-state index contributed by atoms with van der Waals surface area (Å²) in [6.45, 7) is 4.53. The highest BCUT2D eigenvalue weighted by molar-refractivity contribution is 6.05. The number of fused-ring (bicyclic) bond motifs is 1. The van der Waals surface area contributed by atoms with Gasteiger partial charge in [0.15, 0.2) is 11.5 Å². The normalized spacial score (nSPS) is 11.4. The number of carbonyl (C=O) groups excluding carboxylic acids is 1. The average molecular weight is 338 g/mol. The Hall–Kier alpha value is -2.73. The Labute approximate surface area is 147 Å². The first-order chi connectivity index (χ1) is 12.0. The number of para-hydroxylation sites is 1. The van der Waals surface area contributed by atoms with Crippen LogP contribution < -0.4 is 4.90 Å². The molecule has 6 nitrogen and oxygen atoms in total. The minimum absolute atomic E-state index is 0.0375. The lowest BCUT2D eigenvalue weighted by Crippen LogP contribution is -2.37. The van der Waals surface area contributed by atoms with Crippen LogP contribution in [0.5, 0.6) is 0 Å². The maximum Gasteiger partial charge on any atom is 0.280 e. The average Bonchev–Trinajstić information content (AvgIpc) is 3.02. The topological polar surface area (TPSA) is 62.5 Å². The van der Waals surface area contributed by atoms with E-state index in [1.807, 2.05) is 63.2 Å². The van der Waals surface area contributed by atoms with Gasteiger partial charge in [0.2, 0.25) is 0 Å². The fourth-order valence-corrected chi connectivity index (χ4v) is 2.76. The number of carbonyl (C=O) groups is 1. The van der Waals surface area contributed by atoms with Gasteiger partial charge in [-0.05, 0) is 40.1 Å². The number of anilines is 1. The summed E-state index contributed by atoms with van der Waals surface area (Å²) in [4.78, 5) is 21.1. The van der Waals surface area contributed by atoms with Crippen molar-refractivity contribution in [2.24, 2.45) is 0 Å². The van der Waals surface area contributed by atoms with Gasteiger partial charge in [-0.15, -0.1) is 0 Å². The first-order valence-corrected chi connectivity index (χ1v) is 8.24. The van der Waals surface area contributed by atoms with Gasteiger partial charge in [0.1, 0.15) is 0 Å². The van der Waals surface area contributed by atoms with E-state index in [1.54, 1.807) is 17.2 Å². The summed E-state index contributed by atoms with van der Waals surface area (Å²) in [5.74, 6) is 0.467. The maximum atomic E-state index is 13.0. The summed E-state index contributed by atoms with van der Waals surface area (Å²) in [5.41, 5.74) is 1.95. The van der Waals surface area contributed by atoms with Crippen molar-refractivity contribution >= 4 is 22.5 Å². The van der Waals surface area contributed by atoms with Crippen LogP contribution in [0.3, 0.4) is 0 Å². The highest BCUT2D eigenvalue weighted by Gasteiger charge is 2.24. The molecule has 0 bridgehead atoms. The number of amides is 1. The molecule has 1 amide bonds. The molecule has 25 heavy (non-hydrogen) atoms. The van der Waals surface area contributed by atoms with Crippen LogP contribution in [0.15, 0.2) is 47.1 Å². The minimum atomic E-state index is -0.194. The second-order valence-electron chi connectivity index (χ2n) is 6.57. The molecule has 0 radical (unpaired) electrons. The maximum absolute atomic E-state index is 13.0. The largest absolute Gasteiger partial charge is 0.359 e. The smallest absolute Gasteiger partial charge is 0.280 e. The molecule has 0 unspecified atom stereocenters. The second-order valence-corrected chi connectivity index (χ2v) is 6.57. The molecule has 0 saturated carbocycles. The summed E-state index contributed by atoms with van der Waals surface area (Å²) in [5, 5.41) is 4.94. The SMILES string of the molecule is CC(C)N(C(=O)c1cc(CN(C)C)on1)c1cnc2ccccc2c1.